The van der Waals surface area contributed by atoms with Gasteiger partial charge in [0.2, 0.25) is 5.91 Å². The van der Waals surface area contributed by atoms with E-state index in [-0.39, 0.29) is 12.5 Å². The largest absolute Gasteiger partial charge is 0.491 e. The lowest BCUT2D eigenvalue weighted by atomic mass is 9.92. The molecule has 2 fully saturated rings. The second kappa shape index (κ2) is 7.32. The van der Waals surface area contributed by atoms with Gasteiger partial charge in [-0.05, 0) is 50.9 Å². The van der Waals surface area contributed by atoms with E-state index < -0.39 is 5.60 Å². The molecule has 0 radical (unpaired) electrons. The van der Waals surface area contributed by atoms with Crippen LogP contribution in [0.1, 0.15) is 25.7 Å². The molecule has 5 heteroatoms. The summed E-state index contributed by atoms with van der Waals surface area (Å²) in [5.74, 6) is 0.964. The minimum Gasteiger partial charge on any atom is -0.491 e. The second-order valence-electron chi connectivity index (χ2n) is 6.69. The Bertz CT molecular complexity index is 506. The normalized spacial score (nSPS) is 21.3. The number of benzene rings is 1. The van der Waals surface area contributed by atoms with Gasteiger partial charge in [0, 0.05) is 13.1 Å². The van der Waals surface area contributed by atoms with Crippen LogP contribution >= 0.6 is 0 Å². The van der Waals surface area contributed by atoms with Crippen LogP contribution in [-0.2, 0) is 4.79 Å². The lowest BCUT2D eigenvalue weighted by Crippen LogP contribution is -2.51. The van der Waals surface area contributed by atoms with Gasteiger partial charge in [0.15, 0.2) is 0 Å². The quantitative estimate of drug-likeness (QED) is 0.894. The zero-order chi connectivity index (χ0) is 16.1. The van der Waals surface area contributed by atoms with Gasteiger partial charge in [0.25, 0.3) is 0 Å². The number of hydrogen-bond acceptors (Lipinski definition) is 4. The molecule has 2 aliphatic rings. The van der Waals surface area contributed by atoms with Gasteiger partial charge in [-0.3, -0.25) is 9.69 Å². The molecule has 3 rings (SSSR count). The maximum Gasteiger partial charge on any atom is 0.236 e. The van der Waals surface area contributed by atoms with Crippen LogP contribution in [-0.4, -0.2) is 65.7 Å². The summed E-state index contributed by atoms with van der Waals surface area (Å²) < 4.78 is 5.69. The number of para-hydroxylation sites is 1. The number of ether oxygens (including phenoxy) is 1. The molecule has 0 aliphatic carbocycles. The number of aliphatic hydroxyl groups is 1. The van der Waals surface area contributed by atoms with E-state index in [0.29, 0.717) is 32.5 Å². The summed E-state index contributed by atoms with van der Waals surface area (Å²) in [6.07, 6.45) is 3.55. The van der Waals surface area contributed by atoms with Gasteiger partial charge >= 0.3 is 0 Å². The van der Waals surface area contributed by atoms with E-state index in [9.17, 15) is 9.90 Å². The Hall–Kier alpha value is -1.59. The fourth-order valence-corrected chi connectivity index (χ4v) is 3.28. The third-order valence-electron chi connectivity index (χ3n) is 4.86. The van der Waals surface area contributed by atoms with Crippen LogP contribution in [0.25, 0.3) is 0 Å². The van der Waals surface area contributed by atoms with Crippen LogP contribution in [0, 0.1) is 0 Å². The molecule has 5 nitrogen and oxygen atoms in total. The molecule has 1 N–H and O–H groups in total. The van der Waals surface area contributed by atoms with E-state index in [4.69, 9.17) is 4.74 Å². The summed E-state index contributed by atoms with van der Waals surface area (Å²) in [7, 11) is 0. The van der Waals surface area contributed by atoms with Crippen molar-refractivity contribution in [1.29, 1.82) is 0 Å². The van der Waals surface area contributed by atoms with Crippen molar-refractivity contribution in [1.82, 2.24) is 9.80 Å². The standard InChI is InChI=1S/C18H26N2O3/c21-17(14-19-10-4-5-11-19)20-12-8-18(22,9-13-20)15-23-16-6-2-1-3-7-16/h1-3,6-7,22H,4-5,8-15H2. The van der Waals surface area contributed by atoms with Gasteiger partial charge in [-0.1, -0.05) is 18.2 Å². The van der Waals surface area contributed by atoms with Gasteiger partial charge in [0.1, 0.15) is 18.0 Å². The minimum absolute atomic E-state index is 0.193. The molecule has 0 saturated carbocycles. The lowest BCUT2D eigenvalue weighted by molar-refractivity contribution is -0.137. The zero-order valence-electron chi connectivity index (χ0n) is 13.6. The first-order valence-corrected chi connectivity index (χ1v) is 8.55. The summed E-state index contributed by atoms with van der Waals surface area (Å²) in [6.45, 7) is 4.11. The maximum absolute atomic E-state index is 12.3. The fraction of sp³-hybridized carbons (Fsp3) is 0.611. The highest BCUT2D eigenvalue weighted by molar-refractivity contribution is 5.78. The molecular weight excluding hydrogens is 292 g/mol. The molecule has 2 heterocycles. The van der Waals surface area contributed by atoms with E-state index in [1.807, 2.05) is 35.2 Å². The molecule has 23 heavy (non-hydrogen) atoms. The Balaban J connectivity index is 1.44. The number of hydrogen-bond donors (Lipinski definition) is 1. The van der Waals surface area contributed by atoms with Gasteiger partial charge in [-0.15, -0.1) is 0 Å². The Morgan fingerprint density at radius 3 is 2.39 bits per heavy atom. The van der Waals surface area contributed by atoms with E-state index in [2.05, 4.69) is 4.90 Å². The highest BCUT2D eigenvalue weighted by atomic mass is 16.5. The summed E-state index contributed by atoms with van der Waals surface area (Å²) in [6, 6.07) is 9.54. The lowest BCUT2D eigenvalue weighted by Gasteiger charge is -2.38. The van der Waals surface area contributed by atoms with Crippen LogP contribution in [0.15, 0.2) is 30.3 Å². The number of likely N-dealkylation sites (tertiary alicyclic amines) is 2. The third-order valence-corrected chi connectivity index (χ3v) is 4.86. The second-order valence-corrected chi connectivity index (χ2v) is 6.69. The molecule has 126 valence electrons. The Kier molecular flexibility index (Phi) is 5.18. The summed E-state index contributed by atoms with van der Waals surface area (Å²) in [4.78, 5) is 16.4. The molecule has 0 aromatic heterocycles. The van der Waals surface area contributed by atoms with Gasteiger partial charge in [0.05, 0.1) is 6.54 Å². The van der Waals surface area contributed by atoms with E-state index >= 15 is 0 Å². The van der Waals surface area contributed by atoms with Gasteiger partial charge in [-0.25, -0.2) is 0 Å². The van der Waals surface area contributed by atoms with Gasteiger partial charge in [-0.2, -0.15) is 0 Å². The molecule has 2 saturated heterocycles. The number of carbonyl (C=O) groups excluding carboxylic acids is 1. The maximum atomic E-state index is 12.3. The first kappa shape index (κ1) is 16.3. The molecule has 0 atom stereocenters. The average Bonchev–Trinajstić information content (AvgIpc) is 3.08. The number of rotatable bonds is 5. The SMILES string of the molecule is O=C(CN1CCCC1)N1CCC(O)(COc2ccccc2)CC1. The van der Waals surface area contributed by atoms with E-state index in [0.717, 1.165) is 18.8 Å². The average molecular weight is 318 g/mol. The molecule has 0 spiro atoms. The highest BCUT2D eigenvalue weighted by Crippen LogP contribution is 2.24. The van der Waals surface area contributed by atoms with Crippen molar-refractivity contribution in [3.8, 4) is 5.75 Å². The molecule has 1 aromatic carbocycles. The number of piperidine rings is 1. The Morgan fingerprint density at radius 1 is 1.09 bits per heavy atom. The Morgan fingerprint density at radius 2 is 1.74 bits per heavy atom. The van der Waals surface area contributed by atoms with Crippen LogP contribution in [0.3, 0.4) is 0 Å². The fourth-order valence-electron chi connectivity index (χ4n) is 3.28. The first-order valence-electron chi connectivity index (χ1n) is 8.55. The molecule has 2 aliphatic heterocycles. The van der Waals surface area contributed by atoms with Crippen LogP contribution in [0.2, 0.25) is 0 Å². The van der Waals surface area contributed by atoms with Crippen molar-refractivity contribution in [3.05, 3.63) is 30.3 Å². The molecule has 0 unspecified atom stereocenters. The molecular formula is C18H26N2O3. The third kappa shape index (κ3) is 4.45. The number of nitrogens with zero attached hydrogens (tertiary/aromatic N) is 2. The van der Waals surface area contributed by atoms with Crippen molar-refractivity contribution in [2.45, 2.75) is 31.3 Å². The first-order chi connectivity index (χ1) is 11.1. The molecule has 1 aromatic rings. The topological polar surface area (TPSA) is 53.0 Å². The van der Waals surface area contributed by atoms with Crippen molar-refractivity contribution in [3.63, 3.8) is 0 Å². The highest BCUT2D eigenvalue weighted by Gasteiger charge is 2.35. The van der Waals surface area contributed by atoms with E-state index in [1.165, 1.54) is 12.8 Å². The summed E-state index contributed by atoms with van der Waals surface area (Å²) in [5.41, 5.74) is -0.833. The van der Waals surface area contributed by atoms with Crippen molar-refractivity contribution in [2.75, 3.05) is 39.3 Å². The van der Waals surface area contributed by atoms with E-state index in [1.54, 1.807) is 0 Å². The van der Waals surface area contributed by atoms with Crippen LogP contribution in [0.5, 0.6) is 5.75 Å². The van der Waals surface area contributed by atoms with Crippen LogP contribution in [0.4, 0.5) is 0 Å². The number of amides is 1. The molecule has 1 amide bonds. The van der Waals surface area contributed by atoms with Crippen LogP contribution < -0.4 is 4.74 Å². The predicted molar refractivity (Wildman–Crippen MR) is 88.4 cm³/mol. The summed E-state index contributed by atoms with van der Waals surface area (Å²) >= 11 is 0. The van der Waals surface area contributed by atoms with Crippen molar-refractivity contribution in [2.24, 2.45) is 0 Å². The summed E-state index contributed by atoms with van der Waals surface area (Å²) in [5, 5.41) is 10.6. The number of carbonyl (C=O) groups is 1. The minimum atomic E-state index is -0.833. The smallest absolute Gasteiger partial charge is 0.236 e. The van der Waals surface area contributed by atoms with Crippen molar-refractivity contribution >= 4 is 5.91 Å². The Labute approximate surface area is 137 Å². The predicted octanol–water partition coefficient (Wildman–Crippen LogP) is 1.51. The zero-order valence-corrected chi connectivity index (χ0v) is 13.6. The van der Waals surface area contributed by atoms with Gasteiger partial charge < -0.3 is 14.7 Å². The van der Waals surface area contributed by atoms with Crippen molar-refractivity contribution < 1.29 is 14.6 Å². The molecule has 0 bridgehead atoms. The monoisotopic (exact) mass is 318 g/mol.